The molecule has 1 aromatic carbocycles. The summed E-state index contributed by atoms with van der Waals surface area (Å²) < 4.78 is 27.7. The zero-order valence-corrected chi connectivity index (χ0v) is 21.3. The molecule has 1 aromatic heterocycles. The lowest BCUT2D eigenvalue weighted by Crippen LogP contribution is -2.51. The van der Waals surface area contributed by atoms with Gasteiger partial charge in [-0.3, -0.25) is 24.0 Å². The van der Waals surface area contributed by atoms with Crippen molar-refractivity contribution in [3.05, 3.63) is 36.2 Å². The molecule has 0 radical (unpaired) electrons. The van der Waals surface area contributed by atoms with Crippen LogP contribution >= 0.6 is 0 Å². The summed E-state index contributed by atoms with van der Waals surface area (Å²) >= 11 is 0. The first-order valence-corrected chi connectivity index (χ1v) is 11.2. The van der Waals surface area contributed by atoms with Crippen LogP contribution in [-0.2, 0) is 47.7 Å². The van der Waals surface area contributed by atoms with E-state index in [9.17, 15) is 24.0 Å². The second kappa shape index (κ2) is 13.1. The molecular formula is C24H29N3O10. The summed E-state index contributed by atoms with van der Waals surface area (Å²) in [5.41, 5.74) is 0.652. The predicted molar refractivity (Wildman–Crippen MR) is 124 cm³/mol. The van der Waals surface area contributed by atoms with Crippen LogP contribution in [0.2, 0.25) is 0 Å². The zero-order valence-electron chi connectivity index (χ0n) is 21.3. The van der Waals surface area contributed by atoms with Crippen molar-refractivity contribution in [2.75, 3.05) is 6.61 Å². The lowest BCUT2D eigenvalue weighted by atomic mass is 10.1. The van der Waals surface area contributed by atoms with Crippen LogP contribution in [0, 0.1) is 6.92 Å². The van der Waals surface area contributed by atoms with Crippen LogP contribution in [0.5, 0.6) is 0 Å². The SMILES string of the molecule is CC(=O)OC[C@@H](OC(C)=O)[C@@H](OC(C)=O)[C@H](OC(C)=O)[C@H](OC(C)=O)n1nc(-c2ccccc2)nc1C. The maximum absolute atomic E-state index is 12.1. The molecule has 0 N–H and O–H groups in total. The molecule has 4 atom stereocenters. The molecule has 0 spiro atoms. The molecule has 2 rings (SSSR count). The highest BCUT2D eigenvalue weighted by atomic mass is 16.6. The molecule has 0 saturated heterocycles. The first-order valence-electron chi connectivity index (χ1n) is 11.2. The Labute approximate surface area is 213 Å². The van der Waals surface area contributed by atoms with E-state index in [0.717, 1.165) is 34.6 Å². The number of hydrogen-bond acceptors (Lipinski definition) is 12. The summed E-state index contributed by atoms with van der Waals surface area (Å²) in [5.74, 6) is -3.45. The van der Waals surface area contributed by atoms with Crippen LogP contribution in [0.1, 0.15) is 46.7 Å². The molecule has 0 fully saturated rings. The van der Waals surface area contributed by atoms with E-state index in [4.69, 9.17) is 23.7 Å². The molecule has 1 heterocycles. The van der Waals surface area contributed by atoms with Crippen molar-refractivity contribution in [1.29, 1.82) is 0 Å². The fourth-order valence-corrected chi connectivity index (χ4v) is 3.41. The van der Waals surface area contributed by atoms with Crippen LogP contribution in [0.15, 0.2) is 30.3 Å². The first kappa shape index (κ1) is 28.9. The Balaban J connectivity index is 2.67. The molecule has 0 aliphatic carbocycles. The molecule has 0 aliphatic heterocycles. The van der Waals surface area contributed by atoms with E-state index in [2.05, 4.69) is 10.1 Å². The van der Waals surface area contributed by atoms with Crippen molar-refractivity contribution >= 4 is 29.8 Å². The summed E-state index contributed by atoms with van der Waals surface area (Å²) in [6.45, 7) is 6.51. The van der Waals surface area contributed by atoms with Crippen molar-refractivity contribution in [2.45, 2.75) is 66.1 Å². The fourth-order valence-electron chi connectivity index (χ4n) is 3.41. The van der Waals surface area contributed by atoms with E-state index in [1.165, 1.54) is 4.68 Å². The van der Waals surface area contributed by atoms with Gasteiger partial charge in [0.25, 0.3) is 0 Å². The van der Waals surface area contributed by atoms with E-state index >= 15 is 0 Å². The largest absolute Gasteiger partial charge is 0.462 e. The number of rotatable bonds is 11. The summed E-state index contributed by atoms with van der Waals surface area (Å²) in [6, 6.07) is 8.91. The lowest BCUT2D eigenvalue weighted by molar-refractivity contribution is -0.211. The number of ether oxygens (including phenoxy) is 5. The Morgan fingerprint density at radius 2 is 1.30 bits per heavy atom. The minimum atomic E-state index is -1.60. The number of esters is 5. The van der Waals surface area contributed by atoms with Gasteiger partial charge in [0, 0.05) is 40.2 Å². The molecule has 0 amide bonds. The van der Waals surface area contributed by atoms with Crippen LogP contribution in [0.25, 0.3) is 11.4 Å². The third-order valence-electron chi connectivity index (χ3n) is 4.71. The number of aromatic nitrogens is 3. The minimum absolute atomic E-state index is 0.257. The number of carbonyl (C=O) groups is 5. The highest BCUT2D eigenvalue weighted by Gasteiger charge is 2.45. The van der Waals surface area contributed by atoms with Crippen molar-refractivity contribution < 1.29 is 47.7 Å². The molecule has 37 heavy (non-hydrogen) atoms. The summed E-state index contributed by atoms with van der Waals surface area (Å²) in [5, 5.41) is 4.42. The number of hydrogen-bond donors (Lipinski definition) is 0. The van der Waals surface area contributed by atoms with Gasteiger partial charge >= 0.3 is 29.8 Å². The Bertz CT molecular complexity index is 1130. The molecule has 0 bridgehead atoms. The van der Waals surface area contributed by atoms with Gasteiger partial charge in [-0.2, -0.15) is 0 Å². The smallest absolute Gasteiger partial charge is 0.304 e. The van der Waals surface area contributed by atoms with E-state index in [1.807, 2.05) is 6.07 Å². The van der Waals surface area contributed by atoms with Gasteiger partial charge in [0.1, 0.15) is 12.4 Å². The van der Waals surface area contributed by atoms with Crippen LogP contribution in [0.4, 0.5) is 0 Å². The monoisotopic (exact) mass is 519 g/mol. The first-order chi connectivity index (χ1) is 17.4. The highest BCUT2D eigenvalue weighted by Crippen LogP contribution is 2.28. The van der Waals surface area contributed by atoms with E-state index in [1.54, 1.807) is 31.2 Å². The number of aryl methyl sites for hydroxylation is 1. The molecule has 0 unspecified atom stereocenters. The van der Waals surface area contributed by atoms with Gasteiger partial charge in [-0.15, -0.1) is 5.10 Å². The lowest BCUT2D eigenvalue weighted by Gasteiger charge is -2.35. The quantitative estimate of drug-likeness (QED) is 0.312. The van der Waals surface area contributed by atoms with Gasteiger partial charge in [0.15, 0.2) is 24.1 Å². The second-order valence-electron chi connectivity index (χ2n) is 7.89. The molecule has 0 aliphatic rings. The standard InChI is InChI=1S/C24H29N3O10/c1-13-25-23(19-10-8-7-9-11-19)26-27(13)24(37-18(6)32)22(36-17(5)31)21(35-16(4)30)20(34-15(3)29)12-33-14(2)28/h7-11,20-22,24H,12H2,1-6H3/t20-,21-,22+,24+/m1/s1. The zero-order chi connectivity index (χ0) is 27.7. The number of benzene rings is 1. The van der Waals surface area contributed by atoms with Crippen LogP contribution < -0.4 is 0 Å². The van der Waals surface area contributed by atoms with Gasteiger partial charge in [-0.1, -0.05) is 30.3 Å². The molecule has 13 nitrogen and oxygen atoms in total. The summed E-state index contributed by atoms with van der Waals surface area (Å²) in [4.78, 5) is 64.0. The number of carbonyl (C=O) groups excluding carboxylic acids is 5. The number of nitrogens with zero attached hydrogens (tertiary/aromatic N) is 3. The Kier molecular flexibility index (Phi) is 10.3. The predicted octanol–water partition coefficient (Wildman–Crippen LogP) is 1.67. The molecule has 13 heteroatoms. The van der Waals surface area contributed by atoms with Crippen LogP contribution in [-0.4, -0.2) is 69.5 Å². The molecular weight excluding hydrogens is 490 g/mol. The molecule has 2 aromatic rings. The van der Waals surface area contributed by atoms with E-state index < -0.39 is 61.0 Å². The van der Waals surface area contributed by atoms with Crippen molar-refractivity contribution in [1.82, 2.24) is 14.8 Å². The van der Waals surface area contributed by atoms with E-state index in [-0.39, 0.29) is 11.6 Å². The van der Waals surface area contributed by atoms with Crippen molar-refractivity contribution in [2.24, 2.45) is 0 Å². The fraction of sp³-hybridized carbons (Fsp3) is 0.458. The Morgan fingerprint density at radius 3 is 1.81 bits per heavy atom. The normalized spacial score (nSPS) is 13.9. The highest BCUT2D eigenvalue weighted by molar-refractivity contribution is 5.69. The average molecular weight is 520 g/mol. The topological polar surface area (TPSA) is 162 Å². The Hall–Kier alpha value is -4.29. The molecule has 0 saturated carbocycles. The van der Waals surface area contributed by atoms with Gasteiger partial charge in [0.2, 0.25) is 6.23 Å². The van der Waals surface area contributed by atoms with Crippen molar-refractivity contribution in [3.63, 3.8) is 0 Å². The van der Waals surface area contributed by atoms with Crippen LogP contribution in [0.3, 0.4) is 0 Å². The maximum atomic E-state index is 12.1. The summed E-state index contributed by atoms with van der Waals surface area (Å²) in [6.07, 6.45) is -6.15. The minimum Gasteiger partial charge on any atom is -0.462 e. The second-order valence-corrected chi connectivity index (χ2v) is 7.89. The third kappa shape index (κ3) is 8.70. The van der Waals surface area contributed by atoms with Gasteiger partial charge in [-0.05, 0) is 6.92 Å². The average Bonchev–Trinajstić information content (AvgIpc) is 3.18. The van der Waals surface area contributed by atoms with E-state index in [0.29, 0.717) is 5.56 Å². The van der Waals surface area contributed by atoms with Gasteiger partial charge < -0.3 is 23.7 Å². The van der Waals surface area contributed by atoms with Gasteiger partial charge in [0.05, 0.1) is 0 Å². The summed E-state index contributed by atoms with van der Waals surface area (Å²) in [7, 11) is 0. The Morgan fingerprint density at radius 1 is 0.757 bits per heavy atom. The van der Waals surface area contributed by atoms with Crippen molar-refractivity contribution in [3.8, 4) is 11.4 Å². The van der Waals surface area contributed by atoms with Gasteiger partial charge in [-0.25, -0.2) is 9.67 Å². The molecule has 200 valence electrons. The maximum Gasteiger partial charge on any atom is 0.304 e. The third-order valence-corrected chi connectivity index (χ3v) is 4.71.